The molecule has 2 aromatic carbocycles. The van der Waals surface area contributed by atoms with Crippen LogP contribution >= 0.6 is 11.6 Å². The summed E-state index contributed by atoms with van der Waals surface area (Å²) in [5, 5.41) is 14.2. The minimum atomic E-state index is -1.05. The monoisotopic (exact) mass is 420 g/mol. The third-order valence-corrected chi connectivity index (χ3v) is 5.06. The van der Waals surface area contributed by atoms with E-state index >= 15 is 0 Å². The molecule has 29 heavy (non-hydrogen) atoms. The van der Waals surface area contributed by atoms with Gasteiger partial charge in [0.25, 0.3) is 0 Å². The molecule has 154 valence electrons. The van der Waals surface area contributed by atoms with Gasteiger partial charge in [-0.3, -0.25) is 0 Å². The summed E-state index contributed by atoms with van der Waals surface area (Å²) in [5.41, 5.74) is 2.13. The Morgan fingerprint density at radius 2 is 2.03 bits per heavy atom. The van der Waals surface area contributed by atoms with E-state index < -0.39 is 11.8 Å². The highest BCUT2D eigenvalue weighted by molar-refractivity contribution is 6.31. The number of nitrogens with one attached hydrogen (secondary N) is 1. The van der Waals surface area contributed by atoms with Gasteiger partial charge in [0.05, 0.1) is 19.2 Å². The van der Waals surface area contributed by atoms with Crippen molar-refractivity contribution < 1.29 is 23.8 Å². The van der Waals surface area contributed by atoms with E-state index in [4.69, 9.17) is 21.1 Å². The van der Waals surface area contributed by atoms with Gasteiger partial charge in [0, 0.05) is 48.8 Å². The van der Waals surface area contributed by atoms with E-state index in [-0.39, 0.29) is 17.3 Å². The lowest BCUT2D eigenvalue weighted by molar-refractivity contribution is 0.0684. The zero-order chi connectivity index (χ0) is 21.0. The van der Waals surface area contributed by atoms with Crippen LogP contribution in [0.5, 0.6) is 5.75 Å². The smallest absolute Gasteiger partial charge is 0.352 e. The number of aromatic carboxylic acids is 1. The molecule has 8 heteroatoms. The zero-order valence-electron chi connectivity index (χ0n) is 16.2. The molecule has 0 spiro atoms. The molecular formula is C21H22ClFN2O4. The van der Waals surface area contributed by atoms with Gasteiger partial charge < -0.3 is 24.5 Å². The minimum absolute atomic E-state index is 0.151. The number of halogens is 2. The van der Waals surface area contributed by atoms with Crippen molar-refractivity contribution in [2.75, 3.05) is 27.4 Å². The lowest BCUT2D eigenvalue weighted by atomic mass is 10.1. The average molecular weight is 421 g/mol. The number of fused-ring (bicyclic) bond motifs is 1. The number of aromatic nitrogens is 1. The molecule has 3 rings (SSSR count). The first-order chi connectivity index (χ1) is 14.0. The van der Waals surface area contributed by atoms with Crippen LogP contribution < -0.4 is 10.1 Å². The molecule has 0 radical (unpaired) electrons. The molecule has 6 nitrogen and oxygen atoms in total. The topological polar surface area (TPSA) is 72.7 Å². The van der Waals surface area contributed by atoms with Crippen molar-refractivity contribution in [1.82, 2.24) is 9.88 Å². The van der Waals surface area contributed by atoms with Gasteiger partial charge in [0.2, 0.25) is 0 Å². The van der Waals surface area contributed by atoms with E-state index in [1.165, 1.54) is 12.1 Å². The molecule has 0 aliphatic carbocycles. The quantitative estimate of drug-likeness (QED) is 0.513. The summed E-state index contributed by atoms with van der Waals surface area (Å²) in [6.45, 7) is 1.64. The molecule has 0 saturated carbocycles. The highest BCUT2D eigenvalue weighted by atomic mass is 35.5. The summed E-state index contributed by atoms with van der Waals surface area (Å²) in [6, 6.07) is 9.51. The number of rotatable bonds is 9. The Morgan fingerprint density at radius 3 is 2.69 bits per heavy atom. The Balaban J connectivity index is 2.14. The largest absolute Gasteiger partial charge is 0.497 e. The average Bonchev–Trinajstić information content (AvgIpc) is 3.00. The first-order valence-corrected chi connectivity index (χ1v) is 9.40. The molecule has 0 amide bonds. The van der Waals surface area contributed by atoms with Crippen molar-refractivity contribution in [3.63, 3.8) is 0 Å². The maximum absolute atomic E-state index is 13.4. The van der Waals surface area contributed by atoms with Crippen molar-refractivity contribution in [3.8, 4) is 5.75 Å². The number of carbonyl (C=O) groups is 1. The minimum Gasteiger partial charge on any atom is -0.497 e. The van der Waals surface area contributed by atoms with Gasteiger partial charge in [0.15, 0.2) is 0 Å². The van der Waals surface area contributed by atoms with E-state index in [1.54, 1.807) is 37.0 Å². The Labute approximate surface area is 172 Å². The van der Waals surface area contributed by atoms with Gasteiger partial charge in [-0.15, -0.1) is 0 Å². The Kier molecular flexibility index (Phi) is 6.74. The fourth-order valence-corrected chi connectivity index (χ4v) is 3.55. The standard InChI is InChI=1S/C21H22ClFN2O4/c1-28-8-7-24-11-17-16-6-5-15(29-2)10-19(16)25(20(17)21(26)27)12-13-3-4-14(23)9-18(13)22/h3-6,9-10,24H,7-8,11-12H2,1-2H3,(H,26,27). The van der Waals surface area contributed by atoms with Crippen LogP contribution in [0.1, 0.15) is 21.6 Å². The molecule has 0 bridgehead atoms. The van der Waals surface area contributed by atoms with Crippen LogP contribution in [0.3, 0.4) is 0 Å². The normalized spacial score (nSPS) is 11.2. The zero-order valence-corrected chi connectivity index (χ0v) is 16.9. The van der Waals surface area contributed by atoms with Crippen LogP contribution in [0.4, 0.5) is 4.39 Å². The van der Waals surface area contributed by atoms with Crippen molar-refractivity contribution in [2.45, 2.75) is 13.1 Å². The van der Waals surface area contributed by atoms with Crippen molar-refractivity contribution in [1.29, 1.82) is 0 Å². The lowest BCUT2D eigenvalue weighted by Gasteiger charge is -2.11. The predicted octanol–water partition coefficient (Wildman–Crippen LogP) is 3.92. The number of hydrogen-bond donors (Lipinski definition) is 2. The summed E-state index contributed by atoms with van der Waals surface area (Å²) >= 11 is 6.19. The Morgan fingerprint density at radius 1 is 1.24 bits per heavy atom. The van der Waals surface area contributed by atoms with E-state index in [1.807, 2.05) is 6.07 Å². The molecule has 0 fully saturated rings. The highest BCUT2D eigenvalue weighted by Gasteiger charge is 2.23. The SMILES string of the molecule is COCCNCc1c(C(=O)O)n(Cc2ccc(F)cc2Cl)c2cc(OC)ccc12. The predicted molar refractivity (Wildman–Crippen MR) is 110 cm³/mol. The molecular weight excluding hydrogens is 399 g/mol. The van der Waals surface area contributed by atoms with Crippen molar-refractivity contribution >= 4 is 28.5 Å². The van der Waals surface area contributed by atoms with E-state index in [2.05, 4.69) is 5.32 Å². The fourth-order valence-electron chi connectivity index (χ4n) is 3.32. The lowest BCUT2D eigenvalue weighted by Crippen LogP contribution is -2.20. The fraction of sp³-hybridized carbons (Fsp3) is 0.286. The Hall–Kier alpha value is -2.61. The number of carboxylic acid groups (broad SMARTS) is 1. The number of benzene rings is 2. The van der Waals surface area contributed by atoms with Gasteiger partial charge in [0.1, 0.15) is 17.3 Å². The molecule has 0 saturated heterocycles. The molecule has 0 aliphatic heterocycles. The van der Waals surface area contributed by atoms with Crippen LogP contribution in [0.15, 0.2) is 36.4 Å². The Bertz CT molecular complexity index is 1040. The summed E-state index contributed by atoms with van der Waals surface area (Å²) in [7, 11) is 3.16. The molecule has 1 heterocycles. The van der Waals surface area contributed by atoms with Gasteiger partial charge in [-0.2, -0.15) is 0 Å². The van der Waals surface area contributed by atoms with Gasteiger partial charge in [-0.25, -0.2) is 9.18 Å². The summed E-state index contributed by atoms with van der Waals surface area (Å²) < 4.78 is 25.5. The maximum Gasteiger partial charge on any atom is 0.352 e. The molecule has 1 aromatic heterocycles. The molecule has 0 unspecified atom stereocenters. The van der Waals surface area contributed by atoms with Crippen LogP contribution in [0, 0.1) is 5.82 Å². The highest BCUT2D eigenvalue weighted by Crippen LogP contribution is 2.31. The summed E-state index contributed by atoms with van der Waals surface area (Å²) in [5.74, 6) is -0.890. The number of ether oxygens (including phenoxy) is 2. The van der Waals surface area contributed by atoms with Crippen LogP contribution in [0.25, 0.3) is 10.9 Å². The van der Waals surface area contributed by atoms with Gasteiger partial charge in [-0.1, -0.05) is 17.7 Å². The van der Waals surface area contributed by atoms with E-state index in [0.717, 1.165) is 5.39 Å². The van der Waals surface area contributed by atoms with Crippen LogP contribution in [-0.4, -0.2) is 43.0 Å². The van der Waals surface area contributed by atoms with Crippen LogP contribution in [0.2, 0.25) is 5.02 Å². The first kappa shape index (κ1) is 21.1. The van der Waals surface area contributed by atoms with Crippen molar-refractivity contribution in [3.05, 3.63) is 64.1 Å². The van der Waals surface area contributed by atoms with E-state index in [9.17, 15) is 14.3 Å². The summed E-state index contributed by atoms with van der Waals surface area (Å²) in [4.78, 5) is 12.2. The van der Waals surface area contributed by atoms with E-state index in [0.29, 0.717) is 42.1 Å². The molecule has 0 aliphatic rings. The van der Waals surface area contributed by atoms with Gasteiger partial charge >= 0.3 is 5.97 Å². The van der Waals surface area contributed by atoms with Crippen LogP contribution in [-0.2, 0) is 17.8 Å². The summed E-state index contributed by atoms with van der Waals surface area (Å²) in [6.07, 6.45) is 0. The number of hydrogen-bond acceptors (Lipinski definition) is 4. The molecule has 0 atom stereocenters. The first-order valence-electron chi connectivity index (χ1n) is 9.02. The number of methoxy groups -OCH3 is 2. The second kappa shape index (κ2) is 9.26. The second-order valence-corrected chi connectivity index (χ2v) is 6.91. The molecule has 2 N–H and O–H groups in total. The number of carboxylic acids is 1. The third-order valence-electron chi connectivity index (χ3n) is 4.71. The third kappa shape index (κ3) is 4.53. The maximum atomic E-state index is 13.4. The molecule has 3 aromatic rings. The van der Waals surface area contributed by atoms with Gasteiger partial charge in [-0.05, 0) is 29.8 Å². The van der Waals surface area contributed by atoms with Crippen molar-refractivity contribution in [2.24, 2.45) is 0 Å². The number of nitrogens with zero attached hydrogens (tertiary/aromatic N) is 1. The second-order valence-electron chi connectivity index (χ2n) is 6.51.